The second kappa shape index (κ2) is 9.17. The lowest BCUT2D eigenvalue weighted by Crippen LogP contribution is -2.43. The van der Waals surface area contributed by atoms with E-state index >= 15 is 0 Å². The van der Waals surface area contributed by atoms with Gasteiger partial charge in [-0.25, -0.2) is 0 Å². The van der Waals surface area contributed by atoms with Crippen molar-refractivity contribution >= 4 is 11.8 Å². The van der Waals surface area contributed by atoms with E-state index in [-0.39, 0.29) is 12.6 Å². The Labute approximate surface area is 131 Å². The van der Waals surface area contributed by atoms with E-state index in [4.69, 9.17) is 4.74 Å². The molecule has 0 saturated heterocycles. The maximum absolute atomic E-state index is 11.8. The van der Waals surface area contributed by atoms with Crippen LogP contribution in [0.25, 0.3) is 0 Å². The Morgan fingerprint density at radius 1 is 1.18 bits per heavy atom. The van der Waals surface area contributed by atoms with Crippen molar-refractivity contribution in [3.8, 4) is 0 Å². The number of nitrogens with zero attached hydrogens (tertiary/aromatic N) is 1. The van der Waals surface area contributed by atoms with Gasteiger partial charge in [0.15, 0.2) is 0 Å². The zero-order chi connectivity index (χ0) is 16.5. The summed E-state index contributed by atoms with van der Waals surface area (Å²) in [7, 11) is 5.38. The smallest absolute Gasteiger partial charge is 0.309 e. The van der Waals surface area contributed by atoms with Gasteiger partial charge < -0.3 is 20.3 Å². The minimum Gasteiger partial charge on any atom is -0.375 e. The van der Waals surface area contributed by atoms with Gasteiger partial charge in [-0.2, -0.15) is 0 Å². The molecule has 0 aliphatic carbocycles. The Hall–Kier alpha value is -1.92. The predicted octanol–water partition coefficient (Wildman–Crippen LogP) is 0.477. The van der Waals surface area contributed by atoms with E-state index in [0.717, 1.165) is 11.1 Å². The highest BCUT2D eigenvalue weighted by Gasteiger charge is 2.17. The molecule has 1 aromatic carbocycles. The Kier molecular flexibility index (Phi) is 7.56. The molecule has 1 rings (SSSR count). The monoisotopic (exact) mass is 307 g/mol. The minimum absolute atomic E-state index is 0.251. The average Bonchev–Trinajstić information content (AvgIpc) is 2.48. The molecule has 6 nitrogen and oxygen atoms in total. The molecule has 0 radical (unpaired) electrons. The molecule has 1 atom stereocenters. The van der Waals surface area contributed by atoms with Crippen LogP contribution in [0.4, 0.5) is 0 Å². The first kappa shape index (κ1) is 18.1. The lowest BCUT2D eigenvalue weighted by Gasteiger charge is -2.18. The Morgan fingerprint density at radius 2 is 1.82 bits per heavy atom. The standard InChI is InChI=1S/C16H25N3O3/c1-12-7-5-6-8-13(12)14(22-4)11-18-16(21)15(20)17-9-10-19(2)3/h5-8,14H,9-11H2,1-4H3,(H,17,20)(H,18,21). The van der Waals surface area contributed by atoms with Crippen molar-refractivity contribution in [3.05, 3.63) is 35.4 Å². The zero-order valence-electron chi connectivity index (χ0n) is 13.7. The number of aryl methyl sites for hydroxylation is 1. The first-order valence-corrected chi connectivity index (χ1v) is 7.24. The lowest BCUT2D eigenvalue weighted by molar-refractivity contribution is -0.139. The molecular formula is C16H25N3O3. The number of carbonyl (C=O) groups is 2. The number of ether oxygens (including phenoxy) is 1. The van der Waals surface area contributed by atoms with Crippen LogP contribution in [0.15, 0.2) is 24.3 Å². The molecule has 0 saturated carbocycles. The molecule has 0 bridgehead atoms. The Balaban J connectivity index is 2.47. The molecule has 0 aliphatic rings. The zero-order valence-corrected chi connectivity index (χ0v) is 13.7. The van der Waals surface area contributed by atoms with E-state index < -0.39 is 11.8 Å². The number of methoxy groups -OCH3 is 1. The maximum Gasteiger partial charge on any atom is 0.309 e. The fourth-order valence-electron chi connectivity index (χ4n) is 2.01. The van der Waals surface area contributed by atoms with Gasteiger partial charge in [0, 0.05) is 26.7 Å². The highest BCUT2D eigenvalue weighted by Crippen LogP contribution is 2.19. The van der Waals surface area contributed by atoms with E-state index in [0.29, 0.717) is 13.1 Å². The highest BCUT2D eigenvalue weighted by atomic mass is 16.5. The average molecular weight is 307 g/mol. The fourth-order valence-corrected chi connectivity index (χ4v) is 2.01. The minimum atomic E-state index is -0.644. The summed E-state index contributed by atoms with van der Waals surface area (Å²) in [6.07, 6.45) is -0.278. The van der Waals surface area contributed by atoms with Gasteiger partial charge in [-0.15, -0.1) is 0 Å². The summed E-state index contributed by atoms with van der Waals surface area (Å²) in [6, 6.07) is 7.80. The Bertz CT molecular complexity index is 503. The molecule has 2 N–H and O–H groups in total. The molecule has 1 aromatic rings. The van der Waals surface area contributed by atoms with Gasteiger partial charge in [0.2, 0.25) is 0 Å². The SMILES string of the molecule is COC(CNC(=O)C(=O)NCCN(C)C)c1ccccc1C. The molecule has 0 heterocycles. The topological polar surface area (TPSA) is 70.7 Å². The quantitative estimate of drug-likeness (QED) is 0.719. The molecule has 0 fully saturated rings. The summed E-state index contributed by atoms with van der Waals surface area (Å²) in [5, 5.41) is 5.18. The molecular weight excluding hydrogens is 282 g/mol. The largest absolute Gasteiger partial charge is 0.375 e. The molecule has 0 aliphatic heterocycles. The number of nitrogens with one attached hydrogen (secondary N) is 2. The second-order valence-electron chi connectivity index (χ2n) is 5.35. The summed E-state index contributed by atoms with van der Waals surface area (Å²) in [5.41, 5.74) is 2.08. The summed E-state index contributed by atoms with van der Waals surface area (Å²) < 4.78 is 5.41. The Morgan fingerprint density at radius 3 is 2.41 bits per heavy atom. The number of benzene rings is 1. The lowest BCUT2D eigenvalue weighted by atomic mass is 10.0. The van der Waals surface area contributed by atoms with Gasteiger partial charge in [-0.3, -0.25) is 9.59 Å². The van der Waals surface area contributed by atoms with Gasteiger partial charge in [0.05, 0.1) is 6.10 Å². The van der Waals surface area contributed by atoms with E-state index in [2.05, 4.69) is 10.6 Å². The van der Waals surface area contributed by atoms with Crippen molar-refractivity contribution in [2.24, 2.45) is 0 Å². The summed E-state index contributed by atoms with van der Waals surface area (Å²) in [6.45, 7) is 3.35. The van der Waals surface area contributed by atoms with E-state index in [1.807, 2.05) is 50.2 Å². The number of amides is 2. The molecule has 122 valence electrons. The third-order valence-electron chi connectivity index (χ3n) is 3.32. The van der Waals surface area contributed by atoms with Gasteiger partial charge in [-0.1, -0.05) is 24.3 Å². The number of hydrogen-bond acceptors (Lipinski definition) is 4. The van der Waals surface area contributed by atoms with Crippen LogP contribution >= 0.6 is 0 Å². The van der Waals surface area contributed by atoms with Crippen LogP contribution < -0.4 is 10.6 Å². The molecule has 22 heavy (non-hydrogen) atoms. The van der Waals surface area contributed by atoms with Crippen molar-refractivity contribution < 1.29 is 14.3 Å². The van der Waals surface area contributed by atoms with Gasteiger partial charge in [0.1, 0.15) is 0 Å². The first-order chi connectivity index (χ1) is 10.5. The van der Waals surface area contributed by atoms with Crippen molar-refractivity contribution in [2.45, 2.75) is 13.0 Å². The predicted molar refractivity (Wildman–Crippen MR) is 85.5 cm³/mol. The van der Waals surface area contributed by atoms with Crippen LogP contribution in [0.1, 0.15) is 17.2 Å². The van der Waals surface area contributed by atoms with E-state index in [9.17, 15) is 9.59 Å². The van der Waals surface area contributed by atoms with Crippen LogP contribution in [-0.4, -0.2) is 57.6 Å². The van der Waals surface area contributed by atoms with Crippen LogP contribution in [0.2, 0.25) is 0 Å². The van der Waals surface area contributed by atoms with E-state index in [1.54, 1.807) is 7.11 Å². The fraction of sp³-hybridized carbons (Fsp3) is 0.500. The van der Waals surface area contributed by atoms with Crippen LogP contribution in [0.3, 0.4) is 0 Å². The third kappa shape index (κ3) is 5.83. The number of rotatable bonds is 7. The van der Waals surface area contributed by atoms with Crippen LogP contribution in [0, 0.1) is 6.92 Å². The number of carbonyl (C=O) groups excluding carboxylic acids is 2. The molecule has 0 spiro atoms. The first-order valence-electron chi connectivity index (χ1n) is 7.24. The van der Waals surface area contributed by atoms with E-state index in [1.165, 1.54) is 0 Å². The van der Waals surface area contributed by atoms with Crippen molar-refractivity contribution in [3.63, 3.8) is 0 Å². The molecule has 1 unspecified atom stereocenters. The molecule has 2 amide bonds. The van der Waals surface area contributed by atoms with Crippen molar-refractivity contribution in [2.75, 3.05) is 40.8 Å². The number of hydrogen-bond donors (Lipinski definition) is 2. The number of likely N-dealkylation sites (N-methyl/N-ethyl adjacent to an activating group) is 1. The summed E-state index contributed by atoms with van der Waals surface area (Å²) >= 11 is 0. The van der Waals surface area contributed by atoms with Crippen LogP contribution in [0.5, 0.6) is 0 Å². The van der Waals surface area contributed by atoms with Gasteiger partial charge >= 0.3 is 11.8 Å². The second-order valence-corrected chi connectivity index (χ2v) is 5.35. The summed E-state index contributed by atoms with van der Waals surface area (Å²) in [4.78, 5) is 25.3. The normalized spacial score (nSPS) is 12.0. The maximum atomic E-state index is 11.8. The third-order valence-corrected chi connectivity index (χ3v) is 3.32. The van der Waals surface area contributed by atoms with Crippen LogP contribution in [-0.2, 0) is 14.3 Å². The molecule has 0 aromatic heterocycles. The van der Waals surface area contributed by atoms with Gasteiger partial charge in [0.25, 0.3) is 0 Å². The highest BCUT2D eigenvalue weighted by molar-refractivity contribution is 6.35. The molecule has 6 heteroatoms. The summed E-state index contributed by atoms with van der Waals surface area (Å²) in [5.74, 6) is -1.27. The van der Waals surface area contributed by atoms with Crippen molar-refractivity contribution in [1.82, 2.24) is 15.5 Å². The van der Waals surface area contributed by atoms with Gasteiger partial charge in [-0.05, 0) is 32.1 Å². The van der Waals surface area contributed by atoms with Crippen molar-refractivity contribution in [1.29, 1.82) is 0 Å².